The van der Waals surface area contributed by atoms with E-state index in [2.05, 4.69) is 26.1 Å². The molecule has 0 spiro atoms. The van der Waals surface area contributed by atoms with Crippen LogP contribution in [0.4, 0.5) is 0 Å². The lowest BCUT2D eigenvalue weighted by atomic mass is 10.1. The van der Waals surface area contributed by atoms with Gasteiger partial charge in [0, 0.05) is 5.54 Å². The molecule has 4 nitrogen and oxygen atoms in total. The van der Waals surface area contributed by atoms with Gasteiger partial charge in [0.2, 0.25) is 0 Å². The highest BCUT2D eigenvalue weighted by Crippen LogP contribution is 2.13. The highest BCUT2D eigenvalue weighted by molar-refractivity contribution is 7.90. The number of unbranched alkanes of at least 4 members (excludes halogenated alkanes) is 1. The molecule has 110 valence electrons. The summed E-state index contributed by atoms with van der Waals surface area (Å²) in [6.45, 7) is 8.82. The van der Waals surface area contributed by atoms with Crippen molar-refractivity contribution in [3.63, 3.8) is 0 Å². The van der Waals surface area contributed by atoms with E-state index in [0.29, 0.717) is 18.7 Å². The molecule has 1 rings (SSSR count). The average molecular weight is 287 g/mol. The molecule has 0 aromatic carbocycles. The normalized spacial score (nSPS) is 12.8. The van der Waals surface area contributed by atoms with Gasteiger partial charge < -0.3 is 9.73 Å². The Kier molecular flexibility index (Phi) is 5.62. The monoisotopic (exact) mass is 287 g/mol. The molecule has 1 aromatic heterocycles. The fraction of sp³-hybridized carbons (Fsp3) is 0.714. The van der Waals surface area contributed by atoms with Gasteiger partial charge in [-0.1, -0.05) is 13.3 Å². The lowest BCUT2D eigenvalue weighted by Gasteiger charge is -2.19. The Labute approximate surface area is 116 Å². The van der Waals surface area contributed by atoms with E-state index < -0.39 is 9.84 Å². The third-order valence-electron chi connectivity index (χ3n) is 2.68. The van der Waals surface area contributed by atoms with Crippen molar-refractivity contribution in [3.05, 3.63) is 23.7 Å². The van der Waals surface area contributed by atoms with Crippen LogP contribution in [0.1, 0.15) is 52.1 Å². The summed E-state index contributed by atoms with van der Waals surface area (Å²) >= 11 is 0. The maximum Gasteiger partial charge on any atom is 0.157 e. The molecule has 0 atom stereocenters. The number of sulfone groups is 1. The molecule has 0 aliphatic heterocycles. The van der Waals surface area contributed by atoms with Crippen LogP contribution < -0.4 is 5.32 Å². The third-order valence-corrected chi connectivity index (χ3v) is 4.32. The van der Waals surface area contributed by atoms with E-state index in [-0.39, 0.29) is 17.0 Å². The average Bonchev–Trinajstić information content (AvgIpc) is 2.70. The van der Waals surface area contributed by atoms with E-state index in [9.17, 15) is 8.42 Å². The second-order valence-corrected chi connectivity index (χ2v) is 8.10. The van der Waals surface area contributed by atoms with Crippen LogP contribution in [-0.2, 0) is 22.1 Å². The smallest absolute Gasteiger partial charge is 0.157 e. The van der Waals surface area contributed by atoms with E-state index in [1.807, 2.05) is 13.0 Å². The van der Waals surface area contributed by atoms with Gasteiger partial charge >= 0.3 is 0 Å². The van der Waals surface area contributed by atoms with Crippen molar-refractivity contribution < 1.29 is 12.8 Å². The van der Waals surface area contributed by atoms with Gasteiger partial charge in [-0.15, -0.1) is 0 Å². The molecule has 0 saturated carbocycles. The summed E-state index contributed by atoms with van der Waals surface area (Å²) in [5.74, 6) is 1.54. The predicted octanol–water partition coefficient (Wildman–Crippen LogP) is 2.88. The lowest BCUT2D eigenvalue weighted by molar-refractivity contribution is 0.381. The first-order chi connectivity index (χ1) is 8.72. The fourth-order valence-electron chi connectivity index (χ4n) is 1.60. The Morgan fingerprint density at radius 2 is 1.84 bits per heavy atom. The molecule has 0 unspecified atom stereocenters. The van der Waals surface area contributed by atoms with Gasteiger partial charge in [0.25, 0.3) is 0 Å². The summed E-state index contributed by atoms with van der Waals surface area (Å²) in [7, 11) is -3.04. The second-order valence-electron chi connectivity index (χ2n) is 5.92. The predicted molar refractivity (Wildman–Crippen MR) is 77.7 cm³/mol. The van der Waals surface area contributed by atoms with E-state index in [0.717, 1.165) is 12.2 Å². The summed E-state index contributed by atoms with van der Waals surface area (Å²) in [6.07, 6.45) is 1.60. The lowest BCUT2D eigenvalue weighted by Crippen LogP contribution is -2.34. The molecule has 0 aliphatic carbocycles. The number of rotatable bonds is 7. The minimum absolute atomic E-state index is 0.00250. The number of furan rings is 1. The maximum absolute atomic E-state index is 11.8. The van der Waals surface area contributed by atoms with Gasteiger partial charge in [0.15, 0.2) is 9.84 Å². The first-order valence-electron chi connectivity index (χ1n) is 6.75. The molecule has 0 amide bonds. The Hall–Kier alpha value is -0.810. The topological polar surface area (TPSA) is 59.3 Å². The standard InChI is InChI=1S/C14H25NO3S/c1-5-6-9-19(16,17)11-13-8-7-12(18-13)10-15-14(2,3)4/h7-8,15H,5-6,9-11H2,1-4H3. The Balaban J connectivity index is 2.55. The Bertz CT molecular complexity index is 483. The van der Waals surface area contributed by atoms with Crippen LogP contribution in [0.25, 0.3) is 0 Å². The first kappa shape index (κ1) is 16.2. The molecule has 19 heavy (non-hydrogen) atoms. The number of hydrogen-bond acceptors (Lipinski definition) is 4. The SMILES string of the molecule is CCCCS(=O)(=O)Cc1ccc(CNC(C)(C)C)o1. The summed E-state index contributed by atoms with van der Waals surface area (Å²) in [6, 6.07) is 3.59. The zero-order valence-corrected chi connectivity index (χ0v) is 13.1. The summed E-state index contributed by atoms with van der Waals surface area (Å²) in [4.78, 5) is 0. The molecular formula is C14H25NO3S. The minimum Gasteiger partial charge on any atom is -0.464 e. The van der Waals surface area contributed by atoms with Crippen molar-refractivity contribution in [2.75, 3.05) is 5.75 Å². The van der Waals surface area contributed by atoms with Crippen molar-refractivity contribution in [2.45, 2.75) is 58.4 Å². The van der Waals surface area contributed by atoms with Crippen molar-refractivity contribution >= 4 is 9.84 Å². The minimum atomic E-state index is -3.04. The van der Waals surface area contributed by atoms with Crippen LogP contribution in [0.15, 0.2) is 16.5 Å². The zero-order chi connectivity index (χ0) is 14.5. The van der Waals surface area contributed by atoms with Gasteiger partial charge in [-0.25, -0.2) is 8.42 Å². The maximum atomic E-state index is 11.8. The van der Waals surface area contributed by atoms with Gasteiger partial charge in [0.05, 0.1) is 12.3 Å². The summed E-state index contributed by atoms with van der Waals surface area (Å²) in [5.41, 5.74) is 0.0140. The highest BCUT2D eigenvalue weighted by atomic mass is 32.2. The van der Waals surface area contributed by atoms with Crippen LogP contribution in [0.5, 0.6) is 0 Å². The van der Waals surface area contributed by atoms with Crippen LogP contribution in [0.2, 0.25) is 0 Å². The first-order valence-corrected chi connectivity index (χ1v) is 8.57. The summed E-state index contributed by atoms with van der Waals surface area (Å²) < 4.78 is 29.2. The Morgan fingerprint density at radius 3 is 2.42 bits per heavy atom. The Morgan fingerprint density at radius 1 is 1.21 bits per heavy atom. The van der Waals surface area contributed by atoms with E-state index in [1.165, 1.54) is 0 Å². The van der Waals surface area contributed by atoms with Crippen molar-refractivity contribution in [3.8, 4) is 0 Å². The van der Waals surface area contributed by atoms with E-state index >= 15 is 0 Å². The molecule has 5 heteroatoms. The quantitative estimate of drug-likeness (QED) is 0.837. The fourth-order valence-corrected chi connectivity index (χ4v) is 3.06. The highest BCUT2D eigenvalue weighted by Gasteiger charge is 2.15. The molecule has 0 radical (unpaired) electrons. The van der Waals surface area contributed by atoms with Gasteiger partial charge in [-0.2, -0.15) is 0 Å². The molecule has 0 bridgehead atoms. The number of nitrogens with one attached hydrogen (secondary N) is 1. The molecule has 0 aliphatic rings. The van der Waals surface area contributed by atoms with Crippen molar-refractivity contribution in [1.29, 1.82) is 0 Å². The van der Waals surface area contributed by atoms with Crippen LogP contribution in [0.3, 0.4) is 0 Å². The molecule has 1 aromatic rings. The van der Waals surface area contributed by atoms with E-state index in [4.69, 9.17) is 4.42 Å². The number of hydrogen-bond donors (Lipinski definition) is 1. The van der Waals surface area contributed by atoms with Gasteiger partial charge in [-0.05, 0) is 39.3 Å². The molecule has 1 heterocycles. The van der Waals surface area contributed by atoms with E-state index in [1.54, 1.807) is 6.07 Å². The van der Waals surface area contributed by atoms with Crippen LogP contribution >= 0.6 is 0 Å². The largest absolute Gasteiger partial charge is 0.464 e. The molecular weight excluding hydrogens is 262 g/mol. The van der Waals surface area contributed by atoms with Crippen LogP contribution in [0, 0.1) is 0 Å². The summed E-state index contributed by atoms with van der Waals surface area (Å²) in [5, 5.41) is 3.31. The van der Waals surface area contributed by atoms with Crippen molar-refractivity contribution in [2.24, 2.45) is 0 Å². The van der Waals surface area contributed by atoms with Gasteiger partial charge in [-0.3, -0.25) is 0 Å². The molecule has 0 fully saturated rings. The second kappa shape index (κ2) is 6.57. The molecule has 0 saturated heterocycles. The van der Waals surface area contributed by atoms with Crippen LogP contribution in [-0.4, -0.2) is 19.7 Å². The van der Waals surface area contributed by atoms with Gasteiger partial charge in [0.1, 0.15) is 17.3 Å². The molecule has 1 N–H and O–H groups in total. The zero-order valence-electron chi connectivity index (χ0n) is 12.3. The third kappa shape index (κ3) is 6.78. The van der Waals surface area contributed by atoms with Crippen molar-refractivity contribution in [1.82, 2.24) is 5.32 Å².